The van der Waals surface area contributed by atoms with Crippen molar-refractivity contribution in [3.63, 3.8) is 0 Å². The van der Waals surface area contributed by atoms with Crippen molar-refractivity contribution in [2.45, 2.75) is 90.3 Å². The Balaban J connectivity index is 1.42. The van der Waals surface area contributed by atoms with Crippen LogP contribution in [0.3, 0.4) is 0 Å². The molecule has 51 heavy (non-hydrogen) atoms. The third-order valence-corrected chi connectivity index (χ3v) is 10.8. The van der Waals surface area contributed by atoms with E-state index in [0.29, 0.717) is 43.1 Å². The molecule has 0 spiro atoms. The summed E-state index contributed by atoms with van der Waals surface area (Å²) < 4.78 is 36.4. The average molecular weight is 717 g/mol. The average Bonchev–Trinajstić information content (AvgIpc) is 3.12. The molecule has 4 aromatic rings. The first-order chi connectivity index (χ1) is 24.3. The number of hydrogen-bond donors (Lipinski definition) is 3. The normalized spacial score (nSPS) is 13.4. The van der Waals surface area contributed by atoms with Crippen LogP contribution in [0, 0.1) is 0 Å². The summed E-state index contributed by atoms with van der Waals surface area (Å²) in [5.41, 5.74) is 4.98. The molecule has 0 aromatic heterocycles. The van der Waals surface area contributed by atoms with Crippen molar-refractivity contribution in [3.8, 4) is 11.5 Å². The van der Waals surface area contributed by atoms with Crippen LogP contribution in [-0.4, -0.2) is 33.7 Å². The van der Waals surface area contributed by atoms with Gasteiger partial charge in [-0.05, 0) is 86.6 Å². The molecule has 10 nitrogen and oxygen atoms in total. The van der Waals surface area contributed by atoms with E-state index >= 15 is 0 Å². The maximum atomic E-state index is 13.9. The molecule has 2 atom stereocenters. The van der Waals surface area contributed by atoms with E-state index < -0.39 is 36.4 Å². The second-order valence-corrected chi connectivity index (χ2v) is 15.6. The standard InChI is InChI=1S/C40H49N2O8P/c1-6-40(7-2,27-31-20-24-35(25-21-31)48-29-33-16-12-9-13-17-33)51(45,46)50-42-37(43)36(41-38(44)49-39(3,4)5)26-30-18-22-34(23-19-30)47-28-32-14-10-8-11-15-32/h8-25,36H,6-7,26-29H2,1-5H3,(H,41,44)(H,42,43)(H,45,46)/t36-/m0/s1. The van der Waals surface area contributed by atoms with Crippen LogP contribution in [0.2, 0.25) is 0 Å². The molecule has 272 valence electrons. The van der Waals surface area contributed by atoms with Crippen LogP contribution in [0.1, 0.15) is 69.7 Å². The highest BCUT2D eigenvalue weighted by atomic mass is 31.2. The molecule has 11 heteroatoms. The van der Waals surface area contributed by atoms with Crippen molar-refractivity contribution in [1.29, 1.82) is 0 Å². The zero-order chi connectivity index (χ0) is 36.9. The second-order valence-electron chi connectivity index (χ2n) is 13.4. The maximum absolute atomic E-state index is 13.9. The Hall–Kier alpha value is -4.63. The summed E-state index contributed by atoms with van der Waals surface area (Å²) in [6, 6.07) is 32.9. The van der Waals surface area contributed by atoms with Crippen LogP contribution in [0.25, 0.3) is 0 Å². The Kier molecular flexibility index (Phi) is 13.9. The topological polar surface area (TPSA) is 132 Å². The number of amides is 2. The van der Waals surface area contributed by atoms with Crippen molar-refractivity contribution in [2.24, 2.45) is 0 Å². The van der Waals surface area contributed by atoms with E-state index in [2.05, 4.69) is 10.8 Å². The summed E-state index contributed by atoms with van der Waals surface area (Å²) >= 11 is 0. The van der Waals surface area contributed by atoms with Crippen LogP contribution in [0.5, 0.6) is 11.5 Å². The van der Waals surface area contributed by atoms with E-state index in [1.807, 2.05) is 98.8 Å². The fourth-order valence-corrected chi connectivity index (χ4v) is 7.05. The minimum Gasteiger partial charge on any atom is -0.489 e. The van der Waals surface area contributed by atoms with Gasteiger partial charge in [-0.3, -0.25) is 9.36 Å². The van der Waals surface area contributed by atoms with Crippen molar-refractivity contribution in [3.05, 3.63) is 131 Å². The highest BCUT2D eigenvalue weighted by molar-refractivity contribution is 7.54. The van der Waals surface area contributed by atoms with Gasteiger partial charge in [0.1, 0.15) is 36.4 Å². The van der Waals surface area contributed by atoms with Crippen LogP contribution in [0.15, 0.2) is 109 Å². The molecular formula is C40H49N2O8P. The first kappa shape index (κ1) is 39.2. The van der Waals surface area contributed by atoms with Gasteiger partial charge in [-0.25, -0.2) is 10.3 Å². The lowest BCUT2D eigenvalue weighted by atomic mass is 9.93. The maximum Gasteiger partial charge on any atom is 0.408 e. The van der Waals surface area contributed by atoms with Gasteiger partial charge in [0.05, 0.1) is 5.16 Å². The first-order valence-electron chi connectivity index (χ1n) is 17.1. The third-order valence-electron chi connectivity index (χ3n) is 8.51. The van der Waals surface area contributed by atoms with Gasteiger partial charge in [0, 0.05) is 6.42 Å². The van der Waals surface area contributed by atoms with Gasteiger partial charge in [0.25, 0.3) is 5.91 Å². The number of carbonyl (C=O) groups is 2. The van der Waals surface area contributed by atoms with Gasteiger partial charge in [-0.2, -0.15) is 4.62 Å². The highest BCUT2D eigenvalue weighted by Crippen LogP contribution is 2.59. The van der Waals surface area contributed by atoms with Crippen LogP contribution < -0.4 is 20.3 Å². The molecule has 1 unspecified atom stereocenters. The highest BCUT2D eigenvalue weighted by Gasteiger charge is 2.47. The summed E-state index contributed by atoms with van der Waals surface area (Å²) in [6.07, 6.45) is 0.0652. The monoisotopic (exact) mass is 716 g/mol. The number of nitrogens with one attached hydrogen (secondary N) is 2. The van der Waals surface area contributed by atoms with Crippen LogP contribution >= 0.6 is 7.60 Å². The zero-order valence-electron chi connectivity index (χ0n) is 30.0. The predicted molar refractivity (Wildman–Crippen MR) is 197 cm³/mol. The SMILES string of the molecule is CCC(CC)(Cc1ccc(OCc2ccccc2)cc1)P(=O)(O)ONC(=O)[C@H](Cc1ccc(OCc2ccccc2)cc1)NC(=O)OC(C)(C)C. The molecule has 0 bridgehead atoms. The largest absolute Gasteiger partial charge is 0.489 e. The number of rotatable bonds is 17. The van der Waals surface area contributed by atoms with Crippen LogP contribution in [0.4, 0.5) is 4.79 Å². The molecule has 4 aromatic carbocycles. The lowest BCUT2D eigenvalue weighted by molar-refractivity contribution is -0.130. The quantitative estimate of drug-likeness (QED) is 0.0735. The molecule has 4 rings (SSSR count). The Labute approximate surface area is 301 Å². The van der Waals surface area contributed by atoms with E-state index in [1.54, 1.807) is 45.0 Å². The minimum atomic E-state index is -4.47. The summed E-state index contributed by atoms with van der Waals surface area (Å²) in [7, 11) is -4.47. The van der Waals surface area contributed by atoms with Crippen LogP contribution in [-0.2, 0) is 44.8 Å². The molecule has 0 aliphatic carbocycles. The molecular weight excluding hydrogens is 667 g/mol. The molecule has 0 aliphatic heterocycles. The minimum absolute atomic E-state index is 0.0501. The van der Waals surface area contributed by atoms with E-state index in [4.69, 9.17) is 18.8 Å². The Morgan fingerprint density at radius 1 is 0.706 bits per heavy atom. The van der Waals surface area contributed by atoms with Crippen molar-refractivity contribution >= 4 is 19.6 Å². The number of carbonyl (C=O) groups excluding carboxylic acids is 2. The summed E-state index contributed by atoms with van der Waals surface area (Å²) in [6.45, 7) is 9.58. The molecule has 0 saturated carbocycles. The summed E-state index contributed by atoms with van der Waals surface area (Å²) in [5.74, 6) is 0.508. The second kappa shape index (κ2) is 18.0. The Morgan fingerprint density at radius 3 is 1.63 bits per heavy atom. The first-order valence-corrected chi connectivity index (χ1v) is 18.7. The van der Waals surface area contributed by atoms with Gasteiger partial charge in [-0.1, -0.05) is 98.8 Å². The van der Waals surface area contributed by atoms with E-state index in [9.17, 15) is 19.0 Å². The number of hydrogen-bond acceptors (Lipinski definition) is 7. The molecule has 0 fully saturated rings. The molecule has 0 saturated heterocycles. The number of alkyl carbamates (subject to hydrolysis) is 1. The van der Waals surface area contributed by atoms with Gasteiger partial charge in [0.2, 0.25) is 0 Å². The van der Waals surface area contributed by atoms with Crippen molar-refractivity contribution < 1.29 is 37.9 Å². The molecule has 3 N–H and O–H groups in total. The molecule has 0 heterocycles. The summed E-state index contributed by atoms with van der Waals surface area (Å²) in [4.78, 5) is 37.6. The van der Waals surface area contributed by atoms with E-state index in [0.717, 1.165) is 16.7 Å². The van der Waals surface area contributed by atoms with E-state index in [-0.39, 0.29) is 12.8 Å². The number of hydroxylamine groups is 1. The zero-order valence-corrected chi connectivity index (χ0v) is 30.9. The van der Waals surface area contributed by atoms with Crippen molar-refractivity contribution in [1.82, 2.24) is 10.8 Å². The van der Waals surface area contributed by atoms with Gasteiger partial charge in [-0.15, -0.1) is 0 Å². The Morgan fingerprint density at radius 2 is 1.18 bits per heavy atom. The lowest BCUT2D eigenvalue weighted by Gasteiger charge is -2.35. The molecule has 0 radical (unpaired) electrons. The number of ether oxygens (including phenoxy) is 3. The fraction of sp³-hybridized carbons (Fsp3) is 0.350. The molecule has 2 amide bonds. The predicted octanol–water partition coefficient (Wildman–Crippen LogP) is 8.32. The fourth-order valence-electron chi connectivity index (χ4n) is 5.46. The number of benzene rings is 4. The van der Waals surface area contributed by atoms with Gasteiger partial charge in [0.15, 0.2) is 0 Å². The molecule has 0 aliphatic rings. The van der Waals surface area contributed by atoms with Gasteiger partial charge < -0.3 is 24.4 Å². The van der Waals surface area contributed by atoms with Crippen molar-refractivity contribution in [2.75, 3.05) is 0 Å². The summed E-state index contributed by atoms with van der Waals surface area (Å²) in [5, 5.41) is 1.39. The third kappa shape index (κ3) is 12.0. The lowest BCUT2D eigenvalue weighted by Crippen LogP contribution is -2.49. The van der Waals surface area contributed by atoms with E-state index in [1.165, 1.54) is 0 Å². The Bertz CT molecular complexity index is 1720. The smallest absolute Gasteiger partial charge is 0.408 e. The van der Waals surface area contributed by atoms with Gasteiger partial charge >= 0.3 is 13.7 Å².